The number of hydrogen-bond acceptors (Lipinski definition) is 2. The molecule has 0 N–H and O–H groups in total. The van der Waals surface area contributed by atoms with Gasteiger partial charge in [-0.05, 0) is 25.0 Å². The molecule has 1 aromatic rings. The Labute approximate surface area is 105 Å². The van der Waals surface area contributed by atoms with Gasteiger partial charge < -0.3 is 10.4 Å². The van der Waals surface area contributed by atoms with E-state index in [2.05, 4.69) is 4.79 Å². The van der Waals surface area contributed by atoms with Crippen molar-refractivity contribution in [2.24, 2.45) is 0 Å². The highest BCUT2D eigenvalue weighted by Gasteiger charge is 2.35. The molecule has 0 aliphatic carbocycles. The largest absolute Gasteiger partial charge is 0.361 e. The van der Waals surface area contributed by atoms with Crippen molar-refractivity contribution in [2.75, 3.05) is 6.54 Å². The lowest BCUT2D eigenvalue weighted by molar-refractivity contribution is -0.119. The summed E-state index contributed by atoms with van der Waals surface area (Å²) in [5.74, 6) is -0.489. The zero-order valence-electron chi connectivity index (χ0n) is 9.82. The van der Waals surface area contributed by atoms with Gasteiger partial charge in [0.2, 0.25) is 0 Å². The first-order valence-electron chi connectivity index (χ1n) is 5.81. The molecular weight excluding hydrogens is 230 g/mol. The van der Waals surface area contributed by atoms with Crippen molar-refractivity contribution in [2.45, 2.75) is 18.9 Å². The lowest BCUT2D eigenvalue weighted by atomic mass is 10.1. The van der Waals surface area contributed by atoms with Crippen LogP contribution in [-0.2, 0) is 4.79 Å². The molecule has 1 atom stereocenters. The van der Waals surface area contributed by atoms with Gasteiger partial charge in [0.15, 0.2) is 0 Å². The molecule has 1 amide bonds. The first kappa shape index (κ1) is 12.2. The molecule has 0 unspecified atom stereocenters. The summed E-state index contributed by atoms with van der Waals surface area (Å²) >= 11 is 0. The zero-order chi connectivity index (χ0) is 13.0. The summed E-state index contributed by atoms with van der Waals surface area (Å²) in [5, 5.41) is 0. The summed E-state index contributed by atoms with van der Waals surface area (Å²) < 4.78 is 0. The number of ketones is 1. The predicted molar refractivity (Wildman–Crippen MR) is 65.2 cm³/mol. The number of likely N-dealkylation sites (tertiary alicyclic amines) is 1. The van der Waals surface area contributed by atoms with Crippen LogP contribution in [0.25, 0.3) is 5.53 Å². The van der Waals surface area contributed by atoms with Crippen molar-refractivity contribution >= 4 is 17.9 Å². The van der Waals surface area contributed by atoms with E-state index in [4.69, 9.17) is 5.53 Å². The molecule has 1 aliphatic rings. The first-order valence-corrected chi connectivity index (χ1v) is 5.81. The number of carbonyl (C=O) groups excluding carboxylic acids is 2. The number of amides is 1. The maximum Gasteiger partial charge on any atom is 0.325 e. The quantitative estimate of drug-likeness (QED) is 0.454. The van der Waals surface area contributed by atoms with Crippen molar-refractivity contribution < 1.29 is 14.4 Å². The minimum atomic E-state index is -0.506. The Morgan fingerprint density at radius 2 is 2.06 bits per heavy atom. The minimum Gasteiger partial charge on any atom is -0.361 e. The Kier molecular flexibility index (Phi) is 3.65. The number of benzene rings is 1. The van der Waals surface area contributed by atoms with Crippen molar-refractivity contribution in [3.8, 4) is 0 Å². The summed E-state index contributed by atoms with van der Waals surface area (Å²) in [5.41, 5.74) is 8.95. The van der Waals surface area contributed by atoms with E-state index in [0.29, 0.717) is 18.5 Å². The molecule has 5 nitrogen and oxygen atoms in total. The molecular formula is C13H13N3O2. The first-order chi connectivity index (χ1) is 8.74. The number of rotatable bonds is 3. The molecule has 18 heavy (non-hydrogen) atoms. The monoisotopic (exact) mass is 243 g/mol. The number of Topliss-reactive ketones (excluding diaryl/α,β-unsaturated/α-hetero) is 1. The molecule has 0 aromatic heterocycles. The molecule has 0 spiro atoms. The average Bonchev–Trinajstić information content (AvgIpc) is 2.88. The lowest BCUT2D eigenvalue weighted by Crippen LogP contribution is -2.41. The van der Waals surface area contributed by atoms with Crippen molar-refractivity contribution in [3.05, 3.63) is 41.4 Å². The third-order valence-electron chi connectivity index (χ3n) is 3.05. The van der Waals surface area contributed by atoms with Crippen LogP contribution in [0.15, 0.2) is 30.3 Å². The second-order valence-electron chi connectivity index (χ2n) is 4.17. The molecule has 5 heteroatoms. The van der Waals surface area contributed by atoms with E-state index in [1.807, 2.05) is 6.07 Å². The van der Waals surface area contributed by atoms with Crippen LogP contribution < -0.4 is 0 Å². The normalized spacial score (nSPS) is 18.2. The molecule has 1 fully saturated rings. The van der Waals surface area contributed by atoms with Crippen LogP contribution in [-0.4, -0.2) is 40.2 Å². The van der Waals surface area contributed by atoms with E-state index < -0.39 is 6.04 Å². The topological polar surface area (TPSA) is 73.8 Å². The van der Waals surface area contributed by atoms with E-state index in [0.717, 1.165) is 12.6 Å². The third kappa shape index (κ3) is 2.36. The zero-order valence-corrected chi connectivity index (χ0v) is 9.82. The summed E-state index contributed by atoms with van der Waals surface area (Å²) in [6.07, 6.45) is 2.26. The van der Waals surface area contributed by atoms with Crippen LogP contribution in [0.2, 0.25) is 0 Å². The smallest absolute Gasteiger partial charge is 0.325 e. The Hall–Kier alpha value is -2.26. The fourth-order valence-corrected chi connectivity index (χ4v) is 2.20. The number of nitrogens with zero attached hydrogens (tertiary/aromatic N) is 3. The molecule has 1 saturated heterocycles. The summed E-state index contributed by atoms with van der Waals surface area (Å²) in [6.45, 7) is 0.559. The summed E-state index contributed by atoms with van der Waals surface area (Å²) in [7, 11) is 0. The van der Waals surface area contributed by atoms with Crippen LogP contribution >= 0.6 is 0 Å². The van der Waals surface area contributed by atoms with Gasteiger partial charge in [0.25, 0.3) is 11.7 Å². The number of hydrogen-bond donors (Lipinski definition) is 0. The molecule has 0 saturated carbocycles. The highest BCUT2D eigenvalue weighted by atomic mass is 16.2. The number of carbonyl (C=O) groups is 2. The maximum atomic E-state index is 12.2. The van der Waals surface area contributed by atoms with Gasteiger partial charge in [-0.2, -0.15) is 4.79 Å². The van der Waals surface area contributed by atoms with Gasteiger partial charge >= 0.3 is 6.21 Å². The Morgan fingerprint density at radius 1 is 1.33 bits per heavy atom. The van der Waals surface area contributed by atoms with Crippen LogP contribution in [0.5, 0.6) is 0 Å². The van der Waals surface area contributed by atoms with Gasteiger partial charge in [-0.15, -0.1) is 0 Å². The van der Waals surface area contributed by atoms with Gasteiger partial charge in [0.1, 0.15) is 6.04 Å². The molecule has 1 heterocycles. The second-order valence-corrected chi connectivity index (χ2v) is 4.17. The Bertz CT molecular complexity index is 506. The van der Waals surface area contributed by atoms with E-state index >= 15 is 0 Å². The van der Waals surface area contributed by atoms with Gasteiger partial charge in [-0.25, -0.2) is 0 Å². The highest BCUT2D eigenvalue weighted by molar-refractivity contribution is 6.28. The van der Waals surface area contributed by atoms with E-state index in [-0.39, 0.29) is 11.7 Å². The van der Waals surface area contributed by atoms with Gasteiger partial charge in [-0.3, -0.25) is 9.59 Å². The van der Waals surface area contributed by atoms with E-state index in [1.165, 1.54) is 0 Å². The Morgan fingerprint density at radius 3 is 2.72 bits per heavy atom. The van der Waals surface area contributed by atoms with Crippen LogP contribution in [0.4, 0.5) is 0 Å². The molecule has 2 rings (SSSR count). The fraction of sp³-hybridized carbons (Fsp3) is 0.308. The maximum absolute atomic E-state index is 12.2. The third-order valence-corrected chi connectivity index (χ3v) is 3.05. The van der Waals surface area contributed by atoms with Crippen LogP contribution in [0.3, 0.4) is 0 Å². The Balaban J connectivity index is 2.20. The van der Waals surface area contributed by atoms with Gasteiger partial charge in [0, 0.05) is 12.1 Å². The van der Waals surface area contributed by atoms with Gasteiger partial charge in [0.05, 0.1) is 0 Å². The average molecular weight is 243 g/mol. The SMILES string of the molecule is [N-]=[N+]=CC(=O)[C@@H]1CCCN1C(=O)c1ccccc1. The lowest BCUT2D eigenvalue weighted by Gasteiger charge is -2.21. The summed E-state index contributed by atoms with van der Waals surface area (Å²) in [6, 6.07) is 8.35. The van der Waals surface area contributed by atoms with Crippen molar-refractivity contribution in [1.82, 2.24) is 4.90 Å². The molecule has 1 aliphatic heterocycles. The van der Waals surface area contributed by atoms with Crippen LogP contribution in [0, 0.1) is 0 Å². The van der Waals surface area contributed by atoms with Gasteiger partial charge in [-0.1, -0.05) is 18.2 Å². The van der Waals surface area contributed by atoms with E-state index in [1.54, 1.807) is 29.2 Å². The molecule has 0 bridgehead atoms. The molecule has 1 aromatic carbocycles. The standard InChI is InChI=1S/C13H13N3O2/c14-15-9-12(17)11-7-4-8-16(11)13(18)10-5-2-1-3-6-10/h1-3,5-6,9,11H,4,7-8H2/t11-/m0/s1. The highest BCUT2D eigenvalue weighted by Crippen LogP contribution is 2.20. The van der Waals surface area contributed by atoms with Crippen molar-refractivity contribution in [1.29, 1.82) is 0 Å². The molecule has 0 radical (unpaired) electrons. The van der Waals surface area contributed by atoms with Crippen LogP contribution in [0.1, 0.15) is 23.2 Å². The minimum absolute atomic E-state index is 0.155. The predicted octanol–water partition coefficient (Wildman–Crippen LogP) is 1.16. The summed E-state index contributed by atoms with van der Waals surface area (Å²) in [4.78, 5) is 28.2. The second kappa shape index (κ2) is 5.38. The van der Waals surface area contributed by atoms with E-state index in [9.17, 15) is 9.59 Å². The molecule has 92 valence electrons. The fourth-order valence-electron chi connectivity index (χ4n) is 2.20. The van der Waals surface area contributed by atoms with Crippen molar-refractivity contribution in [3.63, 3.8) is 0 Å².